The average Bonchev–Trinajstić information content (AvgIpc) is 3.53. The van der Waals surface area contributed by atoms with Crippen molar-refractivity contribution in [2.45, 2.75) is 96.8 Å². The van der Waals surface area contributed by atoms with Crippen LogP contribution in [0.25, 0.3) is 0 Å². The Labute approximate surface area is 342 Å². The normalized spacial score (nSPS) is 12.8. The van der Waals surface area contributed by atoms with Gasteiger partial charge in [0.05, 0.1) is 139 Å². The molecule has 0 unspecified atom stereocenters. The fourth-order valence-electron chi connectivity index (χ4n) is 5.46. The third kappa shape index (κ3) is 37.9. The van der Waals surface area contributed by atoms with Crippen molar-refractivity contribution in [1.82, 2.24) is 4.90 Å². The summed E-state index contributed by atoms with van der Waals surface area (Å²) in [5, 5.41) is 0. The molecule has 0 fully saturated rings. The number of rotatable bonds is 47. The zero-order valence-corrected chi connectivity index (χ0v) is 35.3. The Bertz CT molecular complexity index is 922. The highest BCUT2D eigenvalue weighted by Gasteiger charge is 2.22. The maximum absolute atomic E-state index is 11.9. The van der Waals surface area contributed by atoms with Crippen LogP contribution in [0.1, 0.15) is 96.8 Å². The van der Waals surface area contributed by atoms with Crippen LogP contribution in [0.2, 0.25) is 0 Å². The molecule has 0 aromatic heterocycles. The zero-order valence-electron chi connectivity index (χ0n) is 35.3. The smallest absolute Gasteiger partial charge is 0.305 e. The summed E-state index contributed by atoms with van der Waals surface area (Å²) in [4.78, 5) is 35.9. The van der Waals surface area contributed by atoms with E-state index in [1.807, 2.05) is 0 Å². The summed E-state index contributed by atoms with van der Waals surface area (Å²) in [6.07, 6.45) is 19.8. The second kappa shape index (κ2) is 43.5. The van der Waals surface area contributed by atoms with E-state index in [9.17, 15) is 14.4 Å². The topological polar surface area (TPSA) is 156 Å². The van der Waals surface area contributed by atoms with Gasteiger partial charge < -0.3 is 52.1 Å². The van der Waals surface area contributed by atoms with E-state index in [1.54, 1.807) is 0 Å². The van der Waals surface area contributed by atoms with Gasteiger partial charge in [0.25, 0.3) is 11.8 Å². The van der Waals surface area contributed by atoms with E-state index < -0.39 is 0 Å². The minimum absolute atomic E-state index is 0.138. The van der Waals surface area contributed by atoms with Gasteiger partial charge in [-0.3, -0.25) is 19.3 Å². The van der Waals surface area contributed by atoms with Crippen LogP contribution in [0.4, 0.5) is 0 Å². The van der Waals surface area contributed by atoms with E-state index in [1.165, 1.54) is 82.8 Å². The minimum Gasteiger partial charge on any atom is -0.463 e. The molecule has 1 aliphatic rings. The van der Waals surface area contributed by atoms with Crippen molar-refractivity contribution < 1.29 is 66.5 Å². The number of unbranched alkanes of at least 4 members (excludes halogenated alkanes) is 12. The summed E-state index contributed by atoms with van der Waals surface area (Å²) in [6, 6.07) is 0. The zero-order chi connectivity index (χ0) is 41.0. The molecular weight excluding hydrogens is 742 g/mol. The predicted molar refractivity (Wildman–Crippen MR) is 215 cm³/mol. The molecule has 334 valence electrons. The Morgan fingerprint density at radius 3 is 0.965 bits per heavy atom. The van der Waals surface area contributed by atoms with Gasteiger partial charge in [-0.2, -0.15) is 0 Å². The summed E-state index contributed by atoms with van der Waals surface area (Å²) >= 11 is 0. The lowest BCUT2D eigenvalue weighted by Crippen LogP contribution is -2.33. The second-order valence-electron chi connectivity index (χ2n) is 13.5. The molecule has 0 bridgehead atoms. The van der Waals surface area contributed by atoms with Crippen LogP contribution in [0, 0.1) is 0 Å². The molecule has 1 heterocycles. The summed E-state index contributed by atoms with van der Waals surface area (Å²) < 4.78 is 59.9. The van der Waals surface area contributed by atoms with Gasteiger partial charge in [0, 0.05) is 18.6 Å². The lowest BCUT2D eigenvalue weighted by molar-refractivity contribution is -0.145. The lowest BCUT2D eigenvalue weighted by atomic mass is 10.0. The molecule has 0 N–H and O–H groups in total. The van der Waals surface area contributed by atoms with Crippen molar-refractivity contribution in [3.63, 3.8) is 0 Å². The van der Waals surface area contributed by atoms with E-state index >= 15 is 0 Å². The summed E-state index contributed by atoms with van der Waals surface area (Å²) in [6.45, 7) is 11.7. The summed E-state index contributed by atoms with van der Waals surface area (Å²) in [5.41, 5.74) is 0. The maximum Gasteiger partial charge on any atom is 0.305 e. The Balaban J connectivity index is 1.63. The first-order valence-electron chi connectivity index (χ1n) is 21.6. The molecule has 15 heteroatoms. The van der Waals surface area contributed by atoms with Crippen LogP contribution in [0.15, 0.2) is 12.2 Å². The molecule has 0 atom stereocenters. The van der Waals surface area contributed by atoms with Crippen LogP contribution >= 0.6 is 0 Å². The highest BCUT2D eigenvalue weighted by Crippen LogP contribution is 2.13. The van der Waals surface area contributed by atoms with E-state index in [-0.39, 0.29) is 37.5 Å². The Hall–Kier alpha value is -2.05. The number of esters is 1. The van der Waals surface area contributed by atoms with Crippen molar-refractivity contribution in [1.29, 1.82) is 0 Å². The molecule has 0 radical (unpaired) electrons. The van der Waals surface area contributed by atoms with Gasteiger partial charge in [0.2, 0.25) is 0 Å². The highest BCUT2D eigenvalue weighted by molar-refractivity contribution is 6.12. The van der Waals surface area contributed by atoms with Crippen molar-refractivity contribution in [3.05, 3.63) is 12.2 Å². The van der Waals surface area contributed by atoms with Gasteiger partial charge in [-0.05, 0) is 6.42 Å². The first kappa shape index (κ1) is 53.0. The van der Waals surface area contributed by atoms with E-state index in [4.69, 9.17) is 52.1 Å². The number of ether oxygens (including phenoxy) is 11. The van der Waals surface area contributed by atoms with Crippen molar-refractivity contribution >= 4 is 17.8 Å². The van der Waals surface area contributed by atoms with Crippen molar-refractivity contribution in [2.75, 3.05) is 145 Å². The van der Waals surface area contributed by atoms with Crippen LogP contribution in [0.3, 0.4) is 0 Å². The van der Waals surface area contributed by atoms with E-state index in [2.05, 4.69) is 6.92 Å². The van der Waals surface area contributed by atoms with Gasteiger partial charge >= 0.3 is 5.97 Å². The largest absolute Gasteiger partial charge is 0.463 e. The summed E-state index contributed by atoms with van der Waals surface area (Å²) in [5.74, 6) is -0.754. The number of hydrogen-bond donors (Lipinski definition) is 0. The van der Waals surface area contributed by atoms with Gasteiger partial charge in [0.15, 0.2) is 0 Å². The van der Waals surface area contributed by atoms with Gasteiger partial charge in [0.1, 0.15) is 6.61 Å². The van der Waals surface area contributed by atoms with Crippen LogP contribution < -0.4 is 0 Å². The van der Waals surface area contributed by atoms with Crippen molar-refractivity contribution in [2.24, 2.45) is 0 Å². The number of imide groups is 1. The summed E-state index contributed by atoms with van der Waals surface area (Å²) in [7, 11) is 0. The number of amides is 2. The number of carbonyl (C=O) groups excluding carboxylic acids is 3. The quantitative estimate of drug-likeness (QED) is 0.0454. The number of hydrogen-bond acceptors (Lipinski definition) is 14. The second-order valence-corrected chi connectivity index (χ2v) is 13.5. The third-order valence-electron chi connectivity index (χ3n) is 8.68. The molecule has 0 saturated carbocycles. The number of nitrogens with zero attached hydrogens (tertiary/aromatic N) is 1. The monoisotopic (exact) mass is 820 g/mol. The molecular formula is C42H77NO14. The molecule has 0 aliphatic carbocycles. The van der Waals surface area contributed by atoms with Gasteiger partial charge in [-0.15, -0.1) is 0 Å². The lowest BCUT2D eigenvalue weighted by Gasteiger charge is -2.13. The Kier molecular flexibility index (Phi) is 40.4. The van der Waals surface area contributed by atoms with Crippen LogP contribution in [-0.2, 0) is 66.5 Å². The van der Waals surface area contributed by atoms with E-state index in [0.29, 0.717) is 132 Å². The minimum atomic E-state index is -0.308. The molecule has 1 rings (SSSR count). The third-order valence-corrected chi connectivity index (χ3v) is 8.68. The first-order valence-corrected chi connectivity index (χ1v) is 21.6. The van der Waals surface area contributed by atoms with Crippen molar-refractivity contribution in [3.8, 4) is 0 Å². The van der Waals surface area contributed by atoms with Gasteiger partial charge in [-0.25, -0.2) is 0 Å². The van der Waals surface area contributed by atoms with Crippen LogP contribution in [0.5, 0.6) is 0 Å². The molecule has 0 spiro atoms. The van der Waals surface area contributed by atoms with Gasteiger partial charge in [-0.1, -0.05) is 84.0 Å². The maximum atomic E-state index is 11.9. The predicted octanol–water partition coefficient (Wildman–Crippen LogP) is 5.10. The molecule has 0 aromatic rings. The molecule has 2 amide bonds. The molecule has 15 nitrogen and oxygen atoms in total. The SMILES string of the molecule is CCCCCCCCCCCCCCCC(=O)OCCOCCOCCOCCOCCOCCOCCOCCOCCOCCOCCN1C(=O)C=CC1=O. The molecule has 1 aliphatic heterocycles. The molecule has 0 aromatic carbocycles. The fourth-order valence-corrected chi connectivity index (χ4v) is 5.46. The average molecular weight is 820 g/mol. The standard InChI is InChI=1S/C42H77NO14/c1-2-3-4-5-6-7-8-9-10-11-12-13-14-15-42(46)57-39-38-56-37-36-55-35-34-54-33-32-53-31-30-52-29-28-51-27-26-50-25-24-49-23-22-48-21-20-47-19-18-43-40(44)16-17-41(43)45/h16-17H,2-15,18-39H2,1H3. The number of carbonyl (C=O) groups is 3. The van der Waals surface area contributed by atoms with Crippen LogP contribution in [-0.4, -0.2) is 168 Å². The highest BCUT2D eigenvalue weighted by atomic mass is 16.6. The fraction of sp³-hybridized carbons (Fsp3) is 0.881. The molecule has 0 saturated heterocycles. The Morgan fingerprint density at radius 2 is 0.649 bits per heavy atom. The Morgan fingerprint density at radius 1 is 0.386 bits per heavy atom. The van der Waals surface area contributed by atoms with E-state index in [0.717, 1.165) is 17.7 Å². The molecule has 57 heavy (non-hydrogen) atoms. The first-order chi connectivity index (χ1) is 28.1.